The number of allylic oxidation sites excluding steroid dienone is 2. The molecule has 0 amide bonds. The number of pyridine rings is 1. The molecule has 2 aliphatic heterocycles. The molecule has 1 aromatic heterocycles. The standard InChI is InChI=1S/C13H11BrN2O5S/c14-10-5-9(22(15,17)18)6-16-13(10)20-7-8-4-12-11(21-8)2-1-3-19-12/h1-6,8H,7H2,(H2,15,17,18). The Hall–Kier alpha value is -1.84. The summed E-state index contributed by atoms with van der Waals surface area (Å²) in [7, 11) is -3.80. The minimum absolute atomic E-state index is 0.0957. The summed E-state index contributed by atoms with van der Waals surface area (Å²) in [5.74, 6) is 1.54. The van der Waals surface area contributed by atoms with E-state index in [1.165, 1.54) is 6.07 Å². The number of aromatic nitrogens is 1. The third-order valence-electron chi connectivity index (χ3n) is 2.87. The number of rotatable bonds is 4. The molecular weight excluding hydrogens is 376 g/mol. The molecule has 116 valence electrons. The molecule has 0 aliphatic carbocycles. The van der Waals surface area contributed by atoms with Crippen LogP contribution in [0.3, 0.4) is 0 Å². The molecule has 22 heavy (non-hydrogen) atoms. The minimum atomic E-state index is -3.80. The average Bonchev–Trinajstić information content (AvgIpc) is 2.87. The monoisotopic (exact) mass is 386 g/mol. The van der Waals surface area contributed by atoms with Gasteiger partial charge in [0, 0.05) is 6.08 Å². The lowest BCUT2D eigenvalue weighted by molar-refractivity contribution is 0.113. The van der Waals surface area contributed by atoms with Gasteiger partial charge in [0.2, 0.25) is 15.9 Å². The second kappa shape index (κ2) is 5.75. The number of hydrogen-bond donors (Lipinski definition) is 1. The van der Waals surface area contributed by atoms with E-state index in [4.69, 9.17) is 19.3 Å². The molecule has 3 heterocycles. The SMILES string of the molecule is NS(=O)(=O)c1cnc(OCC2C=C3OC=CC=C3O2)c(Br)c1. The molecule has 0 fully saturated rings. The molecule has 0 radical (unpaired) electrons. The summed E-state index contributed by atoms with van der Waals surface area (Å²) >= 11 is 3.20. The highest BCUT2D eigenvalue weighted by Crippen LogP contribution is 2.29. The lowest BCUT2D eigenvalue weighted by Gasteiger charge is -2.13. The summed E-state index contributed by atoms with van der Waals surface area (Å²) in [6.07, 6.45) is 7.71. The van der Waals surface area contributed by atoms with Gasteiger partial charge in [-0.2, -0.15) is 0 Å². The highest BCUT2D eigenvalue weighted by atomic mass is 79.9. The number of fused-ring (bicyclic) bond motifs is 1. The third-order valence-corrected chi connectivity index (χ3v) is 4.32. The van der Waals surface area contributed by atoms with Gasteiger partial charge in [-0.1, -0.05) is 0 Å². The summed E-state index contributed by atoms with van der Waals surface area (Å²) in [6, 6.07) is 1.33. The van der Waals surface area contributed by atoms with Crippen molar-refractivity contribution in [3.63, 3.8) is 0 Å². The van der Waals surface area contributed by atoms with Crippen LogP contribution in [0.25, 0.3) is 0 Å². The fourth-order valence-electron chi connectivity index (χ4n) is 1.88. The van der Waals surface area contributed by atoms with E-state index in [1.54, 1.807) is 24.5 Å². The molecule has 9 heteroatoms. The van der Waals surface area contributed by atoms with Gasteiger partial charge in [-0.25, -0.2) is 18.5 Å². The van der Waals surface area contributed by atoms with Crippen LogP contribution < -0.4 is 9.88 Å². The predicted molar refractivity (Wildman–Crippen MR) is 80.1 cm³/mol. The summed E-state index contributed by atoms with van der Waals surface area (Å²) in [5.41, 5.74) is 0. The van der Waals surface area contributed by atoms with Crippen molar-refractivity contribution in [1.29, 1.82) is 0 Å². The van der Waals surface area contributed by atoms with Crippen LogP contribution in [0.15, 0.2) is 57.6 Å². The van der Waals surface area contributed by atoms with Crippen LogP contribution in [0.4, 0.5) is 0 Å². The van der Waals surface area contributed by atoms with Gasteiger partial charge in [0.05, 0.1) is 16.9 Å². The Morgan fingerprint density at radius 3 is 2.91 bits per heavy atom. The van der Waals surface area contributed by atoms with Crippen LogP contribution in [0.2, 0.25) is 0 Å². The Kier molecular flexibility index (Phi) is 3.94. The molecule has 2 aliphatic rings. The highest BCUT2D eigenvalue weighted by Gasteiger charge is 2.25. The van der Waals surface area contributed by atoms with Gasteiger partial charge in [-0.15, -0.1) is 0 Å². The van der Waals surface area contributed by atoms with Crippen LogP contribution in [0.1, 0.15) is 0 Å². The zero-order valence-corrected chi connectivity index (χ0v) is 13.5. The van der Waals surface area contributed by atoms with Crippen LogP contribution in [0, 0.1) is 0 Å². The molecule has 1 unspecified atom stereocenters. The second-order valence-electron chi connectivity index (χ2n) is 4.48. The summed E-state index contributed by atoms with van der Waals surface area (Å²) in [5, 5.41) is 5.03. The molecule has 2 N–H and O–H groups in total. The van der Waals surface area contributed by atoms with Crippen molar-refractivity contribution in [2.45, 2.75) is 11.0 Å². The predicted octanol–water partition coefficient (Wildman–Crippen LogP) is 1.58. The second-order valence-corrected chi connectivity index (χ2v) is 6.89. The third kappa shape index (κ3) is 3.16. The first kappa shape index (κ1) is 15.1. The lowest BCUT2D eigenvalue weighted by atomic mass is 10.3. The van der Waals surface area contributed by atoms with Crippen molar-refractivity contribution in [2.24, 2.45) is 5.14 Å². The van der Waals surface area contributed by atoms with Gasteiger partial charge in [-0.3, -0.25) is 0 Å². The van der Waals surface area contributed by atoms with Gasteiger partial charge in [0.25, 0.3) is 0 Å². The highest BCUT2D eigenvalue weighted by molar-refractivity contribution is 9.10. The number of hydrogen-bond acceptors (Lipinski definition) is 6. The molecular formula is C13H11BrN2O5S. The van der Waals surface area contributed by atoms with Gasteiger partial charge >= 0.3 is 0 Å². The molecule has 1 atom stereocenters. The number of sulfonamides is 1. The van der Waals surface area contributed by atoms with E-state index < -0.39 is 10.0 Å². The van der Waals surface area contributed by atoms with E-state index in [1.807, 2.05) is 0 Å². The van der Waals surface area contributed by atoms with Gasteiger partial charge < -0.3 is 14.2 Å². The van der Waals surface area contributed by atoms with E-state index >= 15 is 0 Å². The van der Waals surface area contributed by atoms with E-state index in [9.17, 15) is 8.42 Å². The number of nitrogens with zero attached hydrogens (tertiary/aromatic N) is 1. The maximum Gasteiger partial charge on any atom is 0.239 e. The summed E-state index contributed by atoms with van der Waals surface area (Å²) in [4.78, 5) is 3.84. The first-order chi connectivity index (χ1) is 10.4. The van der Waals surface area contributed by atoms with Gasteiger partial charge in [0.1, 0.15) is 11.5 Å². The number of halogens is 1. The van der Waals surface area contributed by atoms with E-state index in [-0.39, 0.29) is 23.5 Å². The van der Waals surface area contributed by atoms with Crippen molar-refractivity contribution in [3.05, 3.63) is 52.7 Å². The first-order valence-electron chi connectivity index (χ1n) is 6.17. The van der Waals surface area contributed by atoms with Crippen molar-refractivity contribution < 1.29 is 22.6 Å². The van der Waals surface area contributed by atoms with E-state index in [0.29, 0.717) is 16.0 Å². The smallest absolute Gasteiger partial charge is 0.239 e. The first-order valence-corrected chi connectivity index (χ1v) is 8.51. The Labute approximate surface area is 135 Å². The maximum atomic E-state index is 11.2. The molecule has 0 saturated heterocycles. The zero-order chi connectivity index (χ0) is 15.7. The largest absolute Gasteiger partial charge is 0.479 e. The van der Waals surface area contributed by atoms with Crippen molar-refractivity contribution in [2.75, 3.05) is 6.61 Å². The molecule has 0 spiro atoms. The maximum absolute atomic E-state index is 11.2. The minimum Gasteiger partial charge on any atom is -0.479 e. The van der Waals surface area contributed by atoms with Crippen LogP contribution >= 0.6 is 15.9 Å². The van der Waals surface area contributed by atoms with E-state index in [0.717, 1.165) is 6.20 Å². The Morgan fingerprint density at radius 2 is 2.23 bits per heavy atom. The Morgan fingerprint density at radius 1 is 1.41 bits per heavy atom. The van der Waals surface area contributed by atoms with Gasteiger partial charge in [0.15, 0.2) is 17.6 Å². The molecule has 0 aromatic carbocycles. The van der Waals surface area contributed by atoms with Gasteiger partial charge in [-0.05, 0) is 34.1 Å². The van der Waals surface area contributed by atoms with Crippen molar-refractivity contribution in [3.8, 4) is 5.88 Å². The molecule has 0 bridgehead atoms. The summed E-state index contributed by atoms with van der Waals surface area (Å²) in [6.45, 7) is 0.199. The zero-order valence-electron chi connectivity index (χ0n) is 11.1. The Bertz CT molecular complexity index is 801. The number of nitrogens with two attached hydrogens (primary N) is 1. The number of primary sulfonamides is 1. The molecule has 0 saturated carbocycles. The quantitative estimate of drug-likeness (QED) is 0.842. The van der Waals surface area contributed by atoms with Crippen molar-refractivity contribution >= 4 is 26.0 Å². The fourth-order valence-corrected chi connectivity index (χ4v) is 2.97. The normalized spacial score (nSPS) is 19.6. The number of ether oxygens (including phenoxy) is 3. The average molecular weight is 387 g/mol. The van der Waals surface area contributed by atoms with E-state index in [2.05, 4.69) is 20.9 Å². The molecule has 3 rings (SSSR count). The fraction of sp³-hybridized carbons (Fsp3) is 0.154. The van der Waals surface area contributed by atoms with Crippen LogP contribution in [-0.4, -0.2) is 26.1 Å². The van der Waals surface area contributed by atoms with Crippen LogP contribution in [-0.2, 0) is 19.5 Å². The Balaban J connectivity index is 1.67. The van der Waals surface area contributed by atoms with Crippen LogP contribution in [0.5, 0.6) is 5.88 Å². The molecule has 1 aromatic rings. The van der Waals surface area contributed by atoms with Crippen molar-refractivity contribution in [1.82, 2.24) is 4.98 Å². The lowest BCUT2D eigenvalue weighted by Crippen LogP contribution is -2.17. The molecule has 7 nitrogen and oxygen atoms in total. The topological polar surface area (TPSA) is 101 Å². The summed E-state index contributed by atoms with van der Waals surface area (Å²) < 4.78 is 39.3.